The molecule has 0 aliphatic carbocycles. The summed E-state index contributed by atoms with van der Waals surface area (Å²) >= 11 is 6.90. The van der Waals surface area contributed by atoms with E-state index in [-0.39, 0.29) is 29.7 Å². The summed E-state index contributed by atoms with van der Waals surface area (Å²) in [4.78, 5) is 37.6. The molecule has 1 saturated heterocycles. The highest BCUT2D eigenvalue weighted by Gasteiger charge is 2.34. The Morgan fingerprint density at radius 1 is 1.09 bits per heavy atom. The number of fused-ring (bicyclic) bond motifs is 2. The van der Waals surface area contributed by atoms with Crippen molar-refractivity contribution in [3.63, 3.8) is 0 Å². The highest BCUT2D eigenvalue weighted by Crippen LogP contribution is 2.45. The average Bonchev–Trinajstić information content (AvgIpc) is 3.39. The van der Waals surface area contributed by atoms with Crippen LogP contribution in [0.4, 0.5) is 11.5 Å². The lowest BCUT2D eigenvalue weighted by Crippen LogP contribution is -2.36. The Morgan fingerprint density at radius 2 is 1.84 bits per heavy atom. The Balaban J connectivity index is 1.28. The Morgan fingerprint density at radius 3 is 2.55 bits per heavy atom. The minimum atomic E-state index is -0.110. The summed E-state index contributed by atoms with van der Waals surface area (Å²) in [6, 6.07) is 4.10. The maximum Gasteiger partial charge on any atom is 0.227 e. The number of ether oxygens (including phenoxy) is 2. The predicted octanol–water partition coefficient (Wildman–Crippen LogP) is 4.48. The van der Waals surface area contributed by atoms with E-state index in [1.165, 1.54) is 5.69 Å². The summed E-state index contributed by atoms with van der Waals surface area (Å²) in [7, 11) is 0. The maximum absolute atomic E-state index is 12.4. The number of nitrogens with zero attached hydrogens (tertiary/aromatic N) is 6. The molecule has 0 bridgehead atoms. The lowest BCUT2D eigenvalue weighted by molar-refractivity contribution is -0.129. The predicted molar refractivity (Wildman–Crippen MR) is 167 cm³/mol. The fraction of sp³-hybridized carbons (Fsp3) is 0.531. The number of benzene rings is 1. The zero-order valence-electron chi connectivity index (χ0n) is 25.9. The van der Waals surface area contributed by atoms with Gasteiger partial charge >= 0.3 is 0 Å². The topological polar surface area (TPSA) is 115 Å². The lowest BCUT2D eigenvalue weighted by Gasteiger charge is -2.33. The van der Waals surface area contributed by atoms with Crippen LogP contribution in [0.5, 0.6) is 5.75 Å². The molecule has 0 unspecified atom stereocenters. The molecule has 5 heterocycles. The molecule has 0 spiro atoms. The molecule has 6 rings (SSSR count). The Labute approximate surface area is 262 Å². The van der Waals surface area contributed by atoms with E-state index in [2.05, 4.69) is 45.6 Å². The second-order valence-corrected chi connectivity index (χ2v) is 13.3. The van der Waals surface area contributed by atoms with Crippen molar-refractivity contribution in [1.82, 2.24) is 30.0 Å². The zero-order chi connectivity index (χ0) is 31.0. The van der Waals surface area contributed by atoms with Gasteiger partial charge in [-0.1, -0.05) is 32.4 Å². The number of halogens is 1. The number of nitrogens with one attached hydrogen (secondary N) is 1. The van der Waals surface area contributed by atoms with Gasteiger partial charge in [-0.25, -0.2) is 9.97 Å². The molecule has 0 radical (unpaired) electrons. The zero-order valence-corrected chi connectivity index (χ0v) is 26.6. The summed E-state index contributed by atoms with van der Waals surface area (Å²) in [5.74, 6) is 1.94. The Kier molecular flexibility index (Phi) is 8.52. The number of amides is 2. The molecule has 11 nitrogen and oxygen atoms in total. The van der Waals surface area contributed by atoms with Crippen molar-refractivity contribution >= 4 is 34.9 Å². The maximum atomic E-state index is 12.4. The smallest absolute Gasteiger partial charge is 0.227 e. The molecule has 3 aliphatic heterocycles. The van der Waals surface area contributed by atoms with E-state index in [4.69, 9.17) is 26.2 Å². The number of carbonyl (C=O) groups is 2. The van der Waals surface area contributed by atoms with Crippen molar-refractivity contribution in [3.05, 3.63) is 46.6 Å². The largest absolute Gasteiger partial charge is 0.490 e. The summed E-state index contributed by atoms with van der Waals surface area (Å²) in [6.07, 6.45) is 6.09. The second-order valence-electron chi connectivity index (χ2n) is 12.9. The van der Waals surface area contributed by atoms with Gasteiger partial charge in [-0.05, 0) is 30.4 Å². The van der Waals surface area contributed by atoms with E-state index in [9.17, 15) is 9.59 Å². The summed E-state index contributed by atoms with van der Waals surface area (Å²) in [5, 5.41) is 8.66. The Bertz CT molecular complexity index is 1540. The van der Waals surface area contributed by atoms with Crippen LogP contribution in [0, 0.1) is 5.41 Å². The standard InChI is InChI=1S/C32H40ClN7O4/c1-20(41)38-8-5-26-24(18-38)31(37-40(26)22-6-10-43-11-7-22)39-9-12-44-28-13-23(25(33)14-27(28)39)21-16-34-29(35-17-21)15-30(42)36-19-32(2,3)4/h13-14,16-17,22H,5-12,15,18-19H2,1-4H3,(H,36,42). The van der Waals surface area contributed by atoms with Crippen LogP contribution >= 0.6 is 11.6 Å². The second kappa shape index (κ2) is 12.4. The summed E-state index contributed by atoms with van der Waals surface area (Å²) in [5.41, 5.74) is 4.59. The minimum Gasteiger partial charge on any atom is -0.490 e. The number of hydrogen-bond donors (Lipinski definition) is 1. The van der Waals surface area contributed by atoms with Gasteiger partial charge < -0.3 is 24.6 Å². The Hall–Kier alpha value is -3.70. The van der Waals surface area contributed by atoms with E-state index in [0.29, 0.717) is 49.4 Å². The van der Waals surface area contributed by atoms with Crippen LogP contribution in [0.2, 0.25) is 5.02 Å². The van der Waals surface area contributed by atoms with E-state index < -0.39 is 0 Å². The molecule has 3 aromatic rings. The van der Waals surface area contributed by atoms with Gasteiger partial charge in [0.2, 0.25) is 11.8 Å². The number of carbonyl (C=O) groups excluding carboxylic acids is 2. The first-order chi connectivity index (χ1) is 21.1. The van der Waals surface area contributed by atoms with E-state index in [1.54, 1.807) is 19.3 Å². The molecule has 3 aliphatic rings. The average molecular weight is 622 g/mol. The highest BCUT2D eigenvalue weighted by molar-refractivity contribution is 6.33. The quantitative estimate of drug-likeness (QED) is 0.428. The molecule has 0 saturated carbocycles. The van der Waals surface area contributed by atoms with Crippen LogP contribution < -0.4 is 15.0 Å². The third kappa shape index (κ3) is 6.39. The first kappa shape index (κ1) is 30.3. The molecular weight excluding hydrogens is 582 g/mol. The van der Waals surface area contributed by atoms with Crippen molar-refractivity contribution in [3.8, 4) is 16.9 Å². The van der Waals surface area contributed by atoms with Crippen molar-refractivity contribution in [2.45, 2.75) is 66.0 Å². The monoisotopic (exact) mass is 621 g/mol. The summed E-state index contributed by atoms with van der Waals surface area (Å²) < 4.78 is 14.0. The van der Waals surface area contributed by atoms with Crippen LogP contribution in [0.3, 0.4) is 0 Å². The van der Waals surface area contributed by atoms with E-state index in [1.807, 2.05) is 17.0 Å². The van der Waals surface area contributed by atoms with Crippen LogP contribution in [0.25, 0.3) is 11.1 Å². The number of anilines is 2. The van der Waals surface area contributed by atoms with Crippen molar-refractivity contribution in [2.75, 3.05) is 44.4 Å². The number of aromatic nitrogens is 4. The summed E-state index contributed by atoms with van der Waals surface area (Å²) in [6.45, 7) is 12.2. The van der Waals surface area contributed by atoms with Crippen molar-refractivity contribution in [2.24, 2.45) is 5.41 Å². The van der Waals surface area contributed by atoms with Gasteiger partial charge in [0.25, 0.3) is 0 Å². The highest BCUT2D eigenvalue weighted by atomic mass is 35.5. The number of rotatable bonds is 6. The normalized spacial score (nSPS) is 17.1. The van der Waals surface area contributed by atoms with Gasteiger partial charge in [0, 0.05) is 74.4 Å². The molecular formula is C32H40ClN7O4. The van der Waals surface area contributed by atoms with Gasteiger partial charge in [-0.2, -0.15) is 5.10 Å². The molecule has 1 N–H and O–H groups in total. The van der Waals surface area contributed by atoms with Crippen LogP contribution in [0.15, 0.2) is 24.5 Å². The molecule has 1 aromatic carbocycles. The van der Waals surface area contributed by atoms with E-state index >= 15 is 0 Å². The first-order valence-electron chi connectivity index (χ1n) is 15.3. The van der Waals surface area contributed by atoms with Gasteiger partial charge in [-0.3, -0.25) is 14.3 Å². The molecule has 12 heteroatoms. The molecule has 1 fully saturated rings. The lowest BCUT2D eigenvalue weighted by atomic mass is 9.97. The molecule has 2 aromatic heterocycles. The van der Waals surface area contributed by atoms with Gasteiger partial charge in [-0.15, -0.1) is 0 Å². The van der Waals surface area contributed by atoms with Crippen molar-refractivity contribution in [1.29, 1.82) is 0 Å². The molecule has 234 valence electrons. The third-order valence-corrected chi connectivity index (χ3v) is 8.68. The minimum absolute atomic E-state index is 0.000319. The SMILES string of the molecule is CC(=O)N1CCc2c(c(N3CCOc4cc(-c5cnc(CC(=O)NCC(C)(C)C)nc5)c(Cl)cc43)nn2C2CCOCC2)C1. The first-order valence-corrected chi connectivity index (χ1v) is 15.7. The van der Waals surface area contributed by atoms with Crippen molar-refractivity contribution < 1.29 is 19.1 Å². The fourth-order valence-electron chi connectivity index (χ4n) is 5.98. The number of hydrogen-bond acceptors (Lipinski definition) is 8. The van der Waals surface area contributed by atoms with Gasteiger partial charge in [0.15, 0.2) is 5.82 Å². The van der Waals surface area contributed by atoms with Gasteiger partial charge in [0.1, 0.15) is 18.2 Å². The third-order valence-electron chi connectivity index (χ3n) is 8.37. The molecule has 44 heavy (non-hydrogen) atoms. The van der Waals surface area contributed by atoms with Crippen LogP contribution in [-0.4, -0.2) is 75.9 Å². The van der Waals surface area contributed by atoms with Gasteiger partial charge in [0.05, 0.1) is 36.3 Å². The van der Waals surface area contributed by atoms with Crippen LogP contribution in [-0.2, 0) is 33.7 Å². The fourth-order valence-corrected chi connectivity index (χ4v) is 6.25. The molecule has 2 amide bonds. The van der Waals surface area contributed by atoms with E-state index in [0.717, 1.165) is 60.7 Å². The van der Waals surface area contributed by atoms with Crippen LogP contribution in [0.1, 0.15) is 63.7 Å². The molecule has 0 atom stereocenters.